The molecule has 0 bridgehead atoms. The second-order valence-corrected chi connectivity index (χ2v) is 7.50. The van der Waals surface area contributed by atoms with E-state index >= 15 is 0 Å². The summed E-state index contributed by atoms with van der Waals surface area (Å²) in [5.41, 5.74) is 0.0261. The van der Waals surface area contributed by atoms with E-state index in [2.05, 4.69) is 4.72 Å². The highest BCUT2D eigenvalue weighted by Gasteiger charge is 2.30. The van der Waals surface area contributed by atoms with Crippen molar-refractivity contribution in [2.24, 2.45) is 0 Å². The summed E-state index contributed by atoms with van der Waals surface area (Å²) in [4.78, 5) is 13.1. The van der Waals surface area contributed by atoms with Crippen molar-refractivity contribution in [1.29, 1.82) is 0 Å². The Balaban J connectivity index is 2.24. The lowest BCUT2D eigenvalue weighted by Gasteiger charge is -2.17. The molecule has 1 saturated carbocycles. The maximum Gasteiger partial charge on any atom is 0.352 e. The number of nitrogens with zero attached hydrogens (tertiary/aromatic N) is 2. The van der Waals surface area contributed by atoms with Crippen molar-refractivity contribution in [1.82, 2.24) is 14.2 Å². The number of hydrogen-bond donors (Lipinski definition) is 2. The third kappa shape index (κ3) is 3.84. The van der Waals surface area contributed by atoms with Crippen molar-refractivity contribution in [2.45, 2.75) is 36.7 Å². The molecule has 1 aromatic rings. The van der Waals surface area contributed by atoms with Crippen LogP contribution in [0.5, 0.6) is 0 Å². The molecule has 1 atom stereocenters. The van der Waals surface area contributed by atoms with Crippen LogP contribution in [0.3, 0.4) is 0 Å². The normalized spacial score (nSPS) is 17.1. The van der Waals surface area contributed by atoms with Gasteiger partial charge in [0.15, 0.2) is 0 Å². The van der Waals surface area contributed by atoms with Crippen LogP contribution in [0.2, 0.25) is 0 Å². The Hall–Kier alpha value is -1.38. The van der Waals surface area contributed by atoms with E-state index in [4.69, 9.17) is 0 Å². The van der Waals surface area contributed by atoms with Crippen LogP contribution < -0.4 is 4.72 Å². The van der Waals surface area contributed by atoms with Crippen molar-refractivity contribution in [3.8, 4) is 0 Å². The molecule has 2 N–H and O–H groups in total. The van der Waals surface area contributed by atoms with Crippen molar-refractivity contribution in [3.05, 3.63) is 18.0 Å². The smallest absolute Gasteiger partial charge is 0.352 e. The first-order valence-electron chi connectivity index (χ1n) is 6.83. The lowest BCUT2D eigenvalue weighted by Crippen LogP contribution is -2.39. The fourth-order valence-corrected chi connectivity index (χ4v) is 3.60. The molecular weight excluding hydrogens is 294 g/mol. The molecule has 0 spiro atoms. The van der Waals surface area contributed by atoms with E-state index in [1.165, 1.54) is 12.3 Å². The summed E-state index contributed by atoms with van der Waals surface area (Å²) >= 11 is 0. The number of rotatable bonds is 7. The number of sulfonamides is 1. The second kappa shape index (κ2) is 5.78. The zero-order chi connectivity index (χ0) is 15.8. The van der Waals surface area contributed by atoms with Crippen LogP contribution in [0.15, 0.2) is 17.2 Å². The molecule has 2 rings (SSSR count). The SMILES string of the molecule is CC(CN(C)C)NS(=O)(=O)c1cc(C(=O)O)n(C2CC2)c1. The summed E-state index contributed by atoms with van der Waals surface area (Å²) in [6, 6.07) is 1.08. The van der Waals surface area contributed by atoms with Gasteiger partial charge in [-0.25, -0.2) is 17.9 Å². The van der Waals surface area contributed by atoms with Gasteiger partial charge in [-0.3, -0.25) is 0 Å². The molecule has 1 aliphatic rings. The third-order valence-corrected chi connectivity index (χ3v) is 4.85. The van der Waals surface area contributed by atoms with Gasteiger partial charge in [-0.15, -0.1) is 0 Å². The fraction of sp³-hybridized carbons (Fsp3) is 0.615. The number of aromatic carboxylic acids is 1. The van der Waals surface area contributed by atoms with E-state index < -0.39 is 16.0 Å². The maximum atomic E-state index is 12.3. The highest BCUT2D eigenvalue weighted by atomic mass is 32.2. The van der Waals surface area contributed by atoms with Crippen molar-refractivity contribution in [2.75, 3.05) is 20.6 Å². The van der Waals surface area contributed by atoms with Crippen molar-refractivity contribution in [3.63, 3.8) is 0 Å². The highest BCUT2D eigenvalue weighted by molar-refractivity contribution is 7.89. The summed E-state index contributed by atoms with van der Waals surface area (Å²) in [5, 5.41) is 9.18. The van der Waals surface area contributed by atoms with Crippen LogP contribution >= 0.6 is 0 Å². The fourth-order valence-electron chi connectivity index (χ4n) is 2.35. The average molecular weight is 315 g/mol. The molecule has 1 aromatic heterocycles. The Labute approximate surface area is 124 Å². The minimum atomic E-state index is -3.71. The third-order valence-electron chi connectivity index (χ3n) is 3.29. The Morgan fingerprint density at radius 3 is 2.62 bits per heavy atom. The number of hydrogen-bond acceptors (Lipinski definition) is 4. The van der Waals surface area contributed by atoms with E-state index in [0.717, 1.165) is 12.8 Å². The first-order valence-corrected chi connectivity index (χ1v) is 8.31. The molecule has 0 amide bonds. The van der Waals surface area contributed by atoms with E-state index in [-0.39, 0.29) is 22.7 Å². The molecule has 21 heavy (non-hydrogen) atoms. The monoisotopic (exact) mass is 315 g/mol. The van der Waals surface area contributed by atoms with Gasteiger partial charge in [0.1, 0.15) is 10.6 Å². The number of carboxylic acids is 1. The van der Waals surface area contributed by atoms with Gasteiger partial charge in [-0.1, -0.05) is 0 Å². The van der Waals surface area contributed by atoms with Gasteiger partial charge < -0.3 is 14.6 Å². The Bertz CT molecular complexity index is 632. The van der Waals surface area contributed by atoms with Crippen molar-refractivity contribution < 1.29 is 18.3 Å². The minimum Gasteiger partial charge on any atom is -0.477 e. The standard InChI is InChI=1S/C13H21N3O4S/c1-9(7-15(2)3)14-21(19,20)11-6-12(13(17)18)16(8-11)10-4-5-10/h6,8-10,14H,4-5,7H2,1-3H3,(H,17,18). The van der Waals surface area contributed by atoms with Gasteiger partial charge >= 0.3 is 5.97 Å². The van der Waals surface area contributed by atoms with Gasteiger partial charge in [-0.2, -0.15) is 0 Å². The molecule has 1 unspecified atom stereocenters. The predicted molar refractivity (Wildman–Crippen MR) is 78.0 cm³/mol. The number of nitrogens with one attached hydrogen (secondary N) is 1. The molecule has 1 aliphatic carbocycles. The molecule has 1 heterocycles. The topological polar surface area (TPSA) is 91.6 Å². The average Bonchev–Trinajstić information content (AvgIpc) is 3.04. The van der Waals surface area contributed by atoms with Crippen LogP contribution in [0, 0.1) is 0 Å². The van der Waals surface area contributed by atoms with E-state index in [1.807, 2.05) is 19.0 Å². The lowest BCUT2D eigenvalue weighted by atomic mass is 10.3. The van der Waals surface area contributed by atoms with Gasteiger partial charge in [-0.05, 0) is 39.9 Å². The minimum absolute atomic E-state index is 0.0115. The zero-order valence-corrected chi connectivity index (χ0v) is 13.2. The van der Waals surface area contributed by atoms with Gasteiger partial charge in [0, 0.05) is 24.8 Å². The molecular formula is C13H21N3O4S. The molecule has 0 saturated heterocycles. The number of likely N-dealkylation sites (N-methyl/N-ethyl adjacent to an activating group) is 1. The largest absolute Gasteiger partial charge is 0.477 e. The van der Waals surface area contributed by atoms with Gasteiger partial charge in [0.2, 0.25) is 10.0 Å². The molecule has 8 heteroatoms. The number of carboxylic acid groups (broad SMARTS) is 1. The molecule has 118 valence electrons. The summed E-state index contributed by atoms with van der Waals surface area (Å²) in [7, 11) is 0.00917. The zero-order valence-electron chi connectivity index (χ0n) is 12.4. The second-order valence-electron chi connectivity index (χ2n) is 5.79. The van der Waals surface area contributed by atoms with Crippen LogP contribution in [-0.4, -0.2) is 55.6 Å². The molecule has 0 radical (unpaired) electrons. The van der Waals surface area contributed by atoms with Crippen LogP contribution in [0.1, 0.15) is 36.3 Å². The molecule has 1 fully saturated rings. The quantitative estimate of drug-likeness (QED) is 0.775. The molecule has 0 aromatic carbocycles. The summed E-state index contributed by atoms with van der Waals surface area (Å²) in [5.74, 6) is -1.11. The van der Waals surface area contributed by atoms with Crippen LogP contribution in [-0.2, 0) is 10.0 Å². The van der Waals surface area contributed by atoms with Crippen LogP contribution in [0.25, 0.3) is 0 Å². The Morgan fingerprint density at radius 1 is 1.52 bits per heavy atom. The van der Waals surface area contributed by atoms with Gasteiger partial charge in [0.05, 0.1) is 0 Å². The maximum absolute atomic E-state index is 12.3. The summed E-state index contributed by atoms with van der Waals surface area (Å²) < 4.78 is 28.8. The first-order chi connectivity index (χ1) is 9.70. The number of carbonyl (C=O) groups is 1. The van der Waals surface area contributed by atoms with Crippen LogP contribution in [0.4, 0.5) is 0 Å². The molecule has 7 nitrogen and oxygen atoms in total. The number of aromatic nitrogens is 1. The van der Waals surface area contributed by atoms with E-state index in [9.17, 15) is 18.3 Å². The molecule has 0 aliphatic heterocycles. The van der Waals surface area contributed by atoms with E-state index in [1.54, 1.807) is 11.5 Å². The van der Waals surface area contributed by atoms with Crippen molar-refractivity contribution >= 4 is 16.0 Å². The van der Waals surface area contributed by atoms with E-state index in [0.29, 0.717) is 6.54 Å². The lowest BCUT2D eigenvalue weighted by molar-refractivity contribution is 0.0685. The summed E-state index contributed by atoms with van der Waals surface area (Å²) in [6.45, 7) is 2.34. The van der Waals surface area contributed by atoms with Gasteiger partial charge in [0.25, 0.3) is 0 Å². The predicted octanol–water partition coefficient (Wildman–Crippen LogP) is 0.750. The Kier molecular flexibility index (Phi) is 4.40. The highest BCUT2D eigenvalue weighted by Crippen LogP contribution is 2.37. The summed E-state index contributed by atoms with van der Waals surface area (Å²) in [6.07, 6.45) is 3.20. The Morgan fingerprint density at radius 2 is 2.14 bits per heavy atom. The first kappa shape index (κ1) is 16.0.